The zero-order chi connectivity index (χ0) is 23.9. The number of fused-ring (bicyclic) bond motifs is 4. The maximum Gasteiger partial charge on any atom is 0.513 e. The second kappa shape index (κ2) is 8.64. The van der Waals surface area contributed by atoms with Crippen molar-refractivity contribution >= 4 is 28.7 Å². The van der Waals surface area contributed by atoms with Gasteiger partial charge in [0, 0.05) is 23.7 Å². The Kier molecular flexibility index (Phi) is 5.30. The molecule has 1 aliphatic rings. The number of rotatable bonds is 4. The molecule has 5 nitrogen and oxygen atoms in total. The summed E-state index contributed by atoms with van der Waals surface area (Å²) in [6, 6.07) is 27.0. The number of carbonyl (C=O) groups excluding carboxylic acids is 1. The molecule has 0 spiro atoms. The molecule has 0 N–H and O–H groups in total. The minimum Gasteiger partial charge on any atom is -0.437 e. The number of aromatic nitrogens is 2. The SMILES string of the molecule is COC(=O)Oc1c(SC)cc(-c2ccc3ccccc3c2)c2c1-c1cn(-c3ccccc3)nc1C2. The number of thioether (sulfide) groups is 1. The van der Waals surface area contributed by atoms with Gasteiger partial charge in [0.2, 0.25) is 0 Å². The van der Waals surface area contributed by atoms with Gasteiger partial charge in [-0.2, -0.15) is 5.10 Å². The van der Waals surface area contributed by atoms with Gasteiger partial charge in [-0.3, -0.25) is 0 Å². The number of benzene rings is 4. The number of hydrogen-bond acceptors (Lipinski definition) is 5. The lowest BCUT2D eigenvalue weighted by Crippen LogP contribution is -2.09. The third-order valence-electron chi connectivity index (χ3n) is 6.41. The Labute approximate surface area is 207 Å². The van der Waals surface area contributed by atoms with E-state index in [1.807, 2.05) is 47.5 Å². The van der Waals surface area contributed by atoms with Gasteiger partial charge in [0.15, 0.2) is 5.75 Å². The third-order valence-corrected chi connectivity index (χ3v) is 7.15. The first-order valence-electron chi connectivity index (χ1n) is 11.3. The summed E-state index contributed by atoms with van der Waals surface area (Å²) in [6.07, 6.45) is 3.93. The number of nitrogens with zero attached hydrogens (tertiary/aromatic N) is 2. The molecule has 6 rings (SSSR count). The van der Waals surface area contributed by atoms with Crippen LogP contribution in [0, 0.1) is 0 Å². The van der Waals surface area contributed by atoms with Crippen LogP contribution in [0.15, 0.2) is 90.0 Å². The minimum absolute atomic E-state index is 0.523. The van der Waals surface area contributed by atoms with Crippen molar-refractivity contribution in [3.63, 3.8) is 0 Å². The number of methoxy groups -OCH3 is 1. The van der Waals surface area contributed by atoms with Gasteiger partial charge >= 0.3 is 6.16 Å². The van der Waals surface area contributed by atoms with E-state index in [1.54, 1.807) is 11.8 Å². The molecule has 5 aromatic rings. The molecule has 4 aromatic carbocycles. The Morgan fingerprint density at radius 2 is 1.71 bits per heavy atom. The average Bonchev–Trinajstić information content (AvgIpc) is 3.47. The molecule has 0 atom stereocenters. The molecule has 1 aliphatic carbocycles. The Morgan fingerprint density at radius 3 is 2.49 bits per heavy atom. The van der Waals surface area contributed by atoms with Gasteiger partial charge in [-0.05, 0) is 58.0 Å². The van der Waals surface area contributed by atoms with Gasteiger partial charge in [-0.25, -0.2) is 9.48 Å². The van der Waals surface area contributed by atoms with Crippen LogP contribution in [-0.4, -0.2) is 29.3 Å². The first-order valence-corrected chi connectivity index (χ1v) is 12.5. The quantitative estimate of drug-likeness (QED) is 0.153. The van der Waals surface area contributed by atoms with Crippen molar-refractivity contribution in [3.8, 4) is 33.7 Å². The fraction of sp³-hybridized carbons (Fsp3) is 0.103. The molecule has 0 amide bonds. The van der Waals surface area contributed by atoms with Crippen molar-refractivity contribution in [3.05, 3.63) is 96.3 Å². The molecule has 0 bridgehead atoms. The van der Waals surface area contributed by atoms with Crippen molar-refractivity contribution in [2.24, 2.45) is 0 Å². The van der Waals surface area contributed by atoms with Crippen LogP contribution < -0.4 is 4.74 Å². The van der Waals surface area contributed by atoms with E-state index < -0.39 is 6.16 Å². The summed E-state index contributed by atoms with van der Waals surface area (Å²) in [4.78, 5) is 13.1. The average molecular weight is 479 g/mol. The fourth-order valence-electron chi connectivity index (χ4n) is 4.77. The van der Waals surface area contributed by atoms with E-state index in [0.29, 0.717) is 12.2 Å². The van der Waals surface area contributed by atoms with Gasteiger partial charge in [0.05, 0.1) is 23.4 Å². The van der Waals surface area contributed by atoms with Crippen molar-refractivity contribution < 1.29 is 14.3 Å². The van der Waals surface area contributed by atoms with Gasteiger partial charge in [0.25, 0.3) is 0 Å². The predicted octanol–water partition coefficient (Wildman–Crippen LogP) is 7.13. The highest BCUT2D eigenvalue weighted by atomic mass is 32.2. The van der Waals surface area contributed by atoms with Crippen LogP contribution in [0.5, 0.6) is 5.75 Å². The first-order chi connectivity index (χ1) is 17.2. The molecule has 0 saturated heterocycles. The largest absolute Gasteiger partial charge is 0.513 e. The third kappa shape index (κ3) is 3.67. The van der Waals surface area contributed by atoms with E-state index in [-0.39, 0.29) is 0 Å². The lowest BCUT2D eigenvalue weighted by Gasteiger charge is -2.17. The van der Waals surface area contributed by atoms with Crippen LogP contribution in [-0.2, 0) is 11.2 Å². The predicted molar refractivity (Wildman–Crippen MR) is 140 cm³/mol. The van der Waals surface area contributed by atoms with E-state index in [9.17, 15) is 4.79 Å². The highest BCUT2D eigenvalue weighted by Gasteiger charge is 2.32. The van der Waals surface area contributed by atoms with Crippen molar-refractivity contribution in [1.82, 2.24) is 9.78 Å². The summed E-state index contributed by atoms with van der Waals surface area (Å²) in [5, 5.41) is 7.28. The second-order valence-electron chi connectivity index (χ2n) is 8.37. The van der Waals surface area contributed by atoms with Gasteiger partial charge in [-0.15, -0.1) is 11.8 Å². The summed E-state index contributed by atoms with van der Waals surface area (Å²) in [5.74, 6) is 0.523. The lowest BCUT2D eigenvalue weighted by molar-refractivity contribution is 0.120. The molecule has 35 heavy (non-hydrogen) atoms. The molecule has 0 radical (unpaired) electrons. The number of ether oxygens (including phenoxy) is 2. The van der Waals surface area contributed by atoms with E-state index in [4.69, 9.17) is 14.6 Å². The first kappa shape index (κ1) is 21.5. The Morgan fingerprint density at radius 1 is 0.943 bits per heavy atom. The Bertz CT molecular complexity index is 1590. The van der Waals surface area contributed by atoms with Crippen molar-refractivity contribution in [1.29, 1.82) is 0 Å². The monoisotopic (exact) mass is 478 g/mol. The molecule has 0 aliphatic heterocycles. The summed E-state index contributed by atoms with van der Waals surface area (Å²) in [6.45, 7) is 0. The molecule has 6 heteroatoms. The molecular weight excluding hydrogens is 456 g/mol. The normalized spacial score (nSPS) is 11.8. The van der Waals surface area contributed by atoms with Crippen molar-refractivity contribution in [2.45, 2.75) is 11.3 Å². The summed E-state index contributed by atoms with van der Waals surface area (Å²) < 4.78 is 12.5. The van der Waals surface area contributed by atoms with E-state index >= 15 is 0 Å². The van der Waals surface area contributed by atoms with Gasteiger partial charge < -0.3 is 9.47 Å². The van der Waals surface area contributed by atoms with E-state index in [2.05, 4.69) is 48.5 Å². The van der Waals surface area contributed by atoms with Crippen LogP contribution in [0.25, 0.3) is 38.7 Å². The summed E-state index contributed by atoms with van der Waals surface area (Å²) >= 11 is 1.54. The Balaban J connectivity index is 1.58. The van der Waals surface area contributed by atoms with Crippen LogP contribution in [0.2, 0.25) is 0 Å². The molecule has 1 heterocycles. The molecule has 0 saturated carbocycles. The topological polar surface area (TPSA) is 53.4 Å². The maximum atomic E-state index is 12.2. The standard InChI is InChI=1S/C29H22N2O3S/c1-33-29(32)34-28-26(35-2)16-22(20-13-12-18-8-6-7-9-19(18)14-20)23-15-25-24(27(23)28)17-31(30-25)21-10-4-3-5-11-21/h3-14,16-17H,15H2,1-2H3. The molecule has 1 aromatic heterocycles. The van der Waals surface area contributed by atoms with Crippen LogP contribution >= 0.6 is 11.8 Å². The van der Waals surface area contributed by atoms with E-state index in [0.717, 1.165) is 44.1 Å². The zero-order valence-electron chi connectivity index (χ0n) is 19.3. The van der Waals surface area contributed by atoms with Crippen LogP contribution in [0.3, 0.4) is 0 Å². The van der Waals surface area contributed by atoms with Crippen molar-refractivity contribution in [2.75, 3.05) is 13.4 Å². The van der Waals surface area contributed by atoms with Crippen LogP contribution in [0.1, 0.15) is 11.3 Å². The smallest absolute Gasteiger partial charge is 0.437 e. The van der Waals surface area contributed by atoms with Gasteiger partial charge in [-0.1, -0.05) is 54.6 Å². The van der Waals surface area contributed by atoms with Crippen LogP contribution in [0.4, 0.5) is 4.79 Å². The lowest BCUT2D eigenvalue weighted by atomic mass is 9.93. The summed E-state index contributed by atoms with van der Waals surface area (Å²) in [7, 11) is 1.32. The minimum atomic E-state index is -0.732. The fourth-order valence-corrected chi connectivity index (χ4v) is 5.33. The number of para-hydroxylation sites is 1. The Hall–Kier alpha value is -4.03. The highest BCUT2D eigenvalue weighted by Crippen LogP contribution is 2.51. The number of hydrogen-bond donors (Lipinski definition) is 0. The molecule has 0 fully saturated rings. The molecule has 172 valence electrons. The zero-order valence-corrected chi connectivity index (χ0v) is 20.1. The number of carbonyl (C=O) groups is 1. The second-order valence-corrected chi connectivity index (χ2v) is 9.22. The highest BCUT2D eigenvalue weighted by molar-refractivity contribution is 7.98. The molecule has 0 unspecified atom stereocenters. The summed E-state index contributed by atoms with van der Waals surface area (Å²) in [5.41, 5.74) is 7.17. The maximum absolute atomic E-state index is 12.2. The van der Waals surface area contributed by atoms with E-state index in [1.165, 1.54) is 17.9 Å². The molecular formula is C29H22N2O3S. The van der Waals surface area contributed by atoms with Gasteiger partial charge in [0.1, 0.15) is 0 Å².